The second-order valence-electron chi connectivity index (χ2n) is 29.3. The first kappa shape index (κ1) is 73.7. The van der Waals surface area contributed by atoms with Crippen molar-refractivity contribution in [2.24, 2.45) is 0 Å². The first-order chi connectivity index (χ1) is 55.1. The Morgan fingerprint density at radius 3 is 0.411 bits per heavy atom. The van der Waals surface area contributed by atoms with Gasteiger partial charge in [0.25, 0.3) is 0 Å². The number of benzene rings is 16. The van der Waals surface area contributed by atoms with E-state index in [0.29, 0.717) is 0 Å². The van der Waals surface area contributed by atoms with Crippen molar-refractivity contribution in [1.29, 1.82) is 0 Å². The molecule has 0 radical (unpaired) electrons. The van der Waals surface area contributed by atoms with Gasteiger partial charge in [0.1, 0.15) is 23.0 Å². The molecule has 8 heteroatoms. The molecule has 0 spiro atoms. The van der Waals surface area contributed by atoms with Gasteiger partial charge in [-0.2, -0.15) is 0 Å². The van der Waals surface area contributed by atoms with Gasteiger partial charge in [0, 0.05) is 11.8 Å². The summed E-state index contributed by atoms with van der Waals surface area (Å²) in [5.41, 5.74) is 9.10. The quantitative estimate of drug-likeness (QED) is 0.0380. The van der Waals surface area contributed by atoms with Gasteiger partial charge in [0.15, 0.2) is 0 Å². The van der Waals surface area contributed by atoms with Gasteiger partial charge in [-0.25, -0.2) is 0 Å². The van der Waals surface area contributed by atoms with Crippen molar-refractivity contribution in [3.63, 3.8) is 0 Å². The molecule has 546 valence electrons. The predicted octanol–water partition coefficient (Wildman–Crippen LogP) is 16.8. The summed E-state index contributed by atoms with van der Waals surface area (Å²) in [6.45, 7) is 8.93. The minimum atomic E-state index is -3.19. The van der Waals surface area contributed by atoms with Crippen LogP contribution >= 0.6 is 0 Å². The molecule has 112 heavy (non-hydrogen) atoms. The molecule has 0 heterocycles. The van der Waals surface area contributed by atoms with Crippen LogP contribution in [0.25, 0.3) is 0 Å². The zero-order valence-electron chi connectivity index (χ0n) is 63.8. The van der Waals surface area contributed by atoms with E-state index in [0.717, 1.165) is 58.1 Å². The molecule has 16 rings (SSSR count). The molecule has 0 amide bonds. The fraction of sp³-hybridized carbons (Fsp3) is 0.0769. The van der Waals surface area contributed by atoms with Gasteiger partial charge in [0.2, 0.25) is 0 Å². The van der Waals surface area contributed by atoms with Crippen LogP contribution in [0.15, 0.2) is 437 Å². The van der Waals surface area contributed by atoms with Gasteiger partial charge in [-0.15, -0.1) is 0 Å². The maximum atomic E-state index is 7.90. The number of aryl methyl sites for hydroxylation is 4. The maximum absolute atomic E-state index is 7.90. The fourth-order valence-electron chi connectivity index (χ4n) is 16.8. The Balaban J connectivity index is 0.847. The second-order valence-corrected chi connectivity index (χ2v) is 42.5. The van der Waals surface area contributed by atoms with Crippen LogP contribution in [-0.2, 0) is 0 Å². The molecule has 0 atom stereocenters. The van der Waals surface area contributed by atoms with Crippen LogP contribution in [0.3, 0.4) is 0 Å². The van der Waals surface area contributed by atoms with Crippen molar-refractivity contribution in [3.8, 4) is 23.0 Å². The normalized spacial score (nSPS) is 11.8. The highest BCUT2D eigenvalue weighted by Crippen LogP contribution is 2.42. The van der Waals surface area contributed by atoms with Crippen molar-refractivity contribution in [1.82, 2.24) is 0 Å². The average molecular weight is 1520 g/mol. The second kappa shape index (κ2) is 33.4. The molecule has 0 aliphatic carbocycles. The van der Waals surface area contributed by atoms with Crippen LogP contribution in [0.4, 0.5) is 0 Å². The van der Waals surface area contributed by atoms with Crippen LogP contribution in [0.1, 0.15) is 69.2 Å². The Morgan fingerprint density at radius 1 is 0.170 bits per heavy atom. The largest absolute Gasteiger partial charge is 0.530 e. The Bertz CT molecular complexity index is 4640. The summed E-state index contributed by atoms with van der Waals surface area (Å²) in [5.74, 6) is 3.28. The van der Waals surface area contributed by atoms with E-state index < -0.39 is 33.3 Å². The van der Waals surface area contributed by atoms with E-state index >= 15 is 0 Å². The third-order valence-electron chi connectivity index (χ3n) is 22.4. The standard InChI is InChI=1S/C104H90O4Si4/c1-79-75-83(65-71-101(79)105-109(87-41-17-5-18-42-87,88-43-19-6-20-44-88)89-45-21-7-22-46-89)99(84-66-72-102(80(2)76-84)106-110(90-47-23-8-24-48-90,91-49-25-9-26-50-91)92-51-27-10-28-52-92)69-70-100(85-67-73-103(81(3)77-85)107-111(93-53-29-11-30-54-93,94-55-31-12-32-56-94)95-57-33-13-34-58-95)86-68-74-104(82(4)78-86)108-112(96-59-35-14-36-60-96,97-61-37-15-38-62-97)98-63-39-16-40-64-98/h5-68,71-78,99-100H,69-70H2,1-4H3. The molecule has 4 nitrogen and oxygen atoms in total. The lowest BCUT2D eigenvalue weighted by Crippen LogP contribution is -2.71. The first-order valence-corrected chi connectivity index (χ1v) is 46.6. The SMILES string of the molecule is Cc1cc(C(CCC(c2ccc(O[Si](c3ccccc3)(c3ccccc3)c3ccccc3)c(C)c2)c2ccc(O[Si](c3ccccc3)(c3ccccc3)c3ccccc3)c(C)c2)c2ccc(O[Si](c3ccccc3)(c3ccccc3)c3ccccc3)c(C)c2)ccc1O[Si](c1ccccc1)(c1ccccc1)c1ccccc1. The van der Waals surface area contributed by atoms with Crippen LogP contribution in [0, 0.1) is 27.7 Å². The van der Waals surface area contributed by atoms with Crippen molar-refractivity contribution < 1.29 is 17.7 Å². The van der Waals surface area contributed by atoms with E-state index in [4.69, 9.17) is 17.7 Å². The lowest BCUT2D eigenvalue weighted by Gasteiger charge is -2.35. The predicted molar refractivity (Wildman–Crippen MR) is 476 cm³/mol. The van der Waals surface area contributed by atoms with Crippen LogP contribution < -0.4 is 79.9 Å². The van der Waals surface area contributed by atoms with Gasteiger partial charge in [-0.05, 0) is 172 Å². The van der Waals surface area contributed by atoms with Crippen molar-refractivity contribution >= 4 is 95.5 Å². The number of hydrogen-bond acceptors (Lipinski definition) is 4. The molecular formula is C104H90O4Si4. The Labute approximate surface area is 665 Å². The van der Waals surface area contributed by atoms with Gasteiger partial charge < -0.3 is 17.7 Å². The Morgan fingerprint density at radius 2 is 0.295 bits per heavy atom. The highest BCUT2D eigenvalue weighted by molar-refractivity contribution is 7.09. The van der Waals surface area contributed by atoms with Crippen LogP contribution in [0.2, 0.25) is 0 Å². The lowest BCUT2D eigenvalue weighted by molar-refractivity contribution is 0.564. The molecule has 0 saturated heterocycles. The van der Waals surface area contributed by atoms with Crippen molar-refractivity contribution in [2.45, 2.75) is 52.4 Å². The highest BCUT2D eigenvalue weighted by Gasteiger charge is 2.48. The maximum Gasteiger partial charge on any atom is 0.346 e. The van der Waals surface area contributed by atoms with Gasteiger partial charge in [-0.1, -0.05) is 413 Å². The number of hydrogen-bond donors (Lipinski definition) is 0. The smallest absolute Gasteiger partial charge is 0.346 e. The summed E-state index contributed by atoms with van der Waals surface area (Å²) in [6, 6.07) is 159. The van der Waals surface area contributed by atoms with Crippen LogP contribution in [0.5, 0.6) is 23.0 Å². The molecule has 16 aromatic carbocycles. The summed E-state index contributed by atoms with van der Waals surface area (Å²) in [4.78, 5) is 0. The molecule has 0 bridgehead atoms. The molecular weight excluding hydrogens is 1430 g/mol. The van der Waals surface area contributed by atoms with Crippen LogP contribution in [-0.4, -0.2) is 33.3 Å². The average Bonchev–Trinajstić information content (AvgIpc) is 0.764. The Hall–Kier alpha value is -12.4. The monoisotopic (exact) mass is 1510 g/mol. The number of rotatable bonds is 27. The van der Waals surface area contributed by atoms with Gasteiger partial charge in [-0.3, -0.25) is 0 Å². The lowest BCUT2D eigenvalue weighted by atomic mass is 9.80. The molecule has 0 N–H and O–H groups in total. The fourth-order valence-corrected chi connectivity index (χ4v) is 32.4. The van der Waals surface area contributed by atoms with E-state index in [9.17, 15) is 0 Å². The van der Waals surface area contributed by atoms with E-state index in [1.165, 1.54) is 84.5 Å². The zero-order valence-corrected chi connectivity index (χ0v) is 67.8. The molecule has 0 saturated carbocycles. The zero-order chi connectivity index (χ0) is 76.2. The van der Waals surface area contributed by atoms with Crippen molar-refractivity contribution in [2.75, 3.05) is 0 Å². The Kier molecular flexibility index (Phi) is 22.0. The molecule has 0 unspecified atom stereocenters. The molecule has 0 aliphatic heterocycles. The molecule has 16 aromatic rings. The summed E-state index contributed by atoms with van der Waals surface area (Å²) in [7, 11) is -12.8. The topological polar surface area (TPSA) is 36.9 Å². The minimum Gasteiger partial charge on any atom is -0.530 e. The summed E-state index contributed by atoms with van der Waals surface area (Å²) in [5, 5.41) is 14.1. The minimum absolute atomic E-state index is 0.0855. The van der Waals surface area contributed by atoms with Gasteiger partial charge in [0.05, 0.1) is 0 Å². The first-order valence-electron chi connectivity index (χ1n) is 39.0. The summed E-state index contributed by atoms with van der Waals surface area (Å²) < 4.78 is 31.6. The van der Waals surface area contributed by atoms with E-state index in [1.54, 1.807) is 0 Å². The molecule has 0 fully saturated rings. The summed E-state index contributed by atoms with van der Waals surface area (Å²) in [6.07, 6.45) is 1.56. The van der Waals surface area contributed by atoms with E-state index in [-0.39, 0.29) is 11.8 Å². The summed E-state index contributed by atoms with van der Waals surface area (Å²) >= 11 is 0. The van der Waals surface area contributed by atoms with Gasteiger partial charge >= 0.3 is 33.3 Å². The third-order valence-corrected chi connectivity index (χ3v) is 38.2. The van der Waals surface area contributed by atoms with E-state index in [1.807, 2.05) is 0 Å². The third kappa shape index (κ3) is 14.7. The van der Waals surface area contributed by atoms with Crippen molar-refractivity contribution in [3.05, 3.63) is 481 Å². The highest BCUT2D eigenvalue weighted by atomic mass is 28.4. The van der Waals surface area contributed by atoms with E-state index in [2.05, 4.69) is 464 Å². The molecule has 0 aliphatic rings. The molecule has 0 aromatic heterocycles.